The largest absolute Gasteiger partial charge is 0.300 e. The van der Waals surface area contributed by atoms with E-state index in [-0.39, 0.29) is 17.6 Å². The van der Waals surface area contributed by atoms with Gasteiger partial charge in [0, 0.05) is 25.5 Å². The van der Waals surface area contributed by atoms with Crippen molar-refractivity contribution < 1.29 is 14.4 Å². The number of carbonyl (C=O) groups is 3. The van der Waals surface area contributed by atoms with Gasteiger partial charge in [-0.3, -0.25) is 14.5 Å². The van der Waals surface area contributed by atoms with Gasteiger partial charge in [0.15, 0.2) is 0 Å². The third-order valence-electron chi connectivity index (χ3n) is 6.35. The van der Waals surface area contributed by atoms with E-state index < -0.39 is 0 Å². The molecule has 0 radical (unpaired) electrons. The molecule has 0 bridgehead atoms. The van der Waals surface area contributed by atoms with E-state index in [2.05, 4.69) is 52.0 Å². The molecule has 0 aliphatic carbocycles. The highest BCUT2D eigenvalue weighted by atomic mass is 16.2. The molecule has 0 unspecified atom stereocenters. The lowest BCUT2D eigenvalue weighted by molar-refractivity contribution is -0.140. The second-order valence-electron chi connectivity index (χ2n) is 10.1. The molecule has 0 aromatic heterocycles. The summed E-state index contributed by atoms with van der Waals surface area (Å²) in [6.07, 6.45) is 20.8. The topological polar surface area (TPSA) is 54.5 Å². The highest BCUT2D eigenvalue weighted by Crippen LogP contribution is 2.15. The van der Waals surface area contributed by atoms with Crippen molar-refractivity contribution in [1.82, 2.24) is 4.90 Å². The van der Waals surface area contributed by atoms with Gasteiger partial charge >= 0.3 is 0 Å². The highest BCUT2D eigenvalue weighted by Gasteiger charge is 2.16. The molecule has 0 rings (SSSR count). The number of rotatable bonds is 17. The maximum atomic E-state index is 12.3. The number of imide groups is 1. The lowest BCUT2D eigenvalue weighted by Crippen LogP contribution is -2.35. The van der Waals surface area contributed by atoms with Crippen LogP contribution in [0.3, 0.4) is 0 Å². The summed E-state index contributed by atoms with van der Waals surface area (Å²) >= 11 is 0. The van der Waals surface area contributed by atoms with Gasteiger partial charge in [-0.25, -0.2) is 0 Å². The van der Waals surface area contributed by atoms with Crippen LogP contribution in [0.1, 0.15) is 120 Å². The molecule has 0 heterocycles. The number of allylic oxidation sites excluding steroid dienone is 9. The summed E-state index contributed by atoms with van der Waals surface area (Å²) in [6, 6.07) is 0. The number of ketones is 1. The molecule has 0 fully saturated rings. The third-order valence-corrected chi connectivity index (χ3v) is 6.35. The van der Waals surface area contributed by atoms with Gasteiger partial charge in [0.1, 0.15) is 5.78 Å². The highest BCUT2D eigenvalue weighted by molar-refractivity contribution is 6.03. The number of hydrogen-bond acceptors (Lipinski definition) is 3. The van der Waals surface area contributed by atoms with Gasteiger partial charge in [-0.1, -0.05) is 52.7 Å². The fourth-order valence-electron chi connectivity index (χ4n) is 3.89. The van der Waals surface area contributed by atoms with Crippen LogP contribution in [-0.4, -0.2) is 29.0 Å². The maximum Gasteiger partial charge on any atom is 0.255 e. The first-order chi connectivity index (χ1) is 17.0. The number of carbonyl (C=O) groups excluding carboxylic acids is 3. The Kier molecular flexibility index (Phi) is 18.3. The molecule has 0 saturated heterocycles. The molecule has 0 aliphatic rings. The summed E-state index contributed by atoms with van der Waals surface area (Å²) in [5, 5.41) is 0. The molecule has 0 aromatic carbocycles. The monoisotopic (exact) mass is 497 g/mol. The van der Waals surface area contributed by atoms with Crippen LogP contribution < -0.4 is 0 Å². The predicted molar refractivity (Wildman–Crippen MR) is 154 cm³/mol. The molecular weight excluding hydrogens is 446 g/mol. The van der Waals surface area contributed by atoms with Crippen LogP contribution in [0.5, 0.6) is 0 Å². The van der Waals surface area contributed by atoms with Crippen LogP contribution >= 0.6 is 0 Å². The third kappa shape index (κ3) is 17.0. The van der Waals surface area contributed by atoms with E-state index in [4.69, 9.17) is 0 Å². The summed E-state index contributed by atoms with van der Waals surface area (Å²) in [5.74, 6) is -0.138. The minimum absolute atomic E-state index is 0.189. The van der Waals surface area contributed by atoms with Gasteiger partial charge in [-0.2, -0.15) is 0 Å². The van der Waals surface area contributed by atoms with E-state index in [1.54, 1.807) is 13.8 Å². The lowest BCUT2D eigenvalue weighted by Gasteiger charge is -2.17. The molecular formula is C32H51NO3. The Hall–Kier alpha value is -2.49. The van der Waals surface area contributed by atoms with Gasteiger partial charge in [-0.05, 0) is 106 Å². The summed E-state index contributed by atoms with van der Waals surface area (Å²) in [5.41, 5.74) is 6.22. The Bertz CT molecular complexity index is 868. The summed E-state index contributed by atoms with van der Waals surface area (Å²) in [4.78, 5) is 36.1. The first-order valence-electron chi connectivity index (χ1n) is 13.6. The zero-order valence-electron chi connectivity index (χ0n) is 24.3. The Balaban J connectivity index is 4.31. The van der Waals surface area contributed by atoms with E-state index in [9.17, 15) is 14.4 Å². The van der Waals surface area contributed by atoms with Gasteiger partial charge in [0.2, 0.25) is 5.91 Å². The van der Waals surface area contributed by atoms with E-state index in [1.807, 2.05) is 13.0 Å². The second kappa shape index (κ2) is 19.7. The van der Waals surface area contributed by atoms with Crippen molar-refractivity contribution in [3.63, 3.8) is 0 Å². The molecule has 0 saturated carbocycles. The van der Waals surface area contributed by atoms with Crippen LogP contribution in [0.4, 0.5) is 0 Å². The van der Waals surface area contributed by atoms with Crippen LogP contribution in [0.25, 0.3) is 0 Å². The van der Waals surface area contributed by atoms with Gasteiger partial charge < -0.3 is 4.79 Å². The van der Waals surface area contributed by atoms with E-state index >= 15 is 0 Å². The van der Waals surface area contributed by atoms with E-state index in [0.29, 0.717) is 18.5 Å². The first-order valence-corrected chi connectivity index (χ1v) is 13.6. The molecule has 36 heavy (non-hydrogen) atoms. The van der Waals surface area contributed by atoms with Gasteiger partial charge in [0.05, 0.1) is 0 Å². The Morgan fingerprint density at radius 1 is 0.528 bits per heavy atom. The minimum atomic E-state index is -0.206. The van der Waals surface area contributed by atoms with Crippen molar-refractivity contribution in [2.75, 3.05) is 6.54 Å². The van der Waals surface area contributed by atoms with Crippen LogP contribution in [0.15, 0.2) is 58.2 Å². The molecule has 202 valence electrons. The average Bonchev–Trinajstić information content (AvgIpc) is 2.78. The van der Waals surface area contributed by atoms with Crippen molar-refractivity contribution in [3.05, 3.63) is 58.2 Å². The summed E-state index contributed by atoms with van der Waals surface area (Å²) < 4.78 is 0. The smallest absolute Gasteiger partial charge is 0.255 e. The SMILES string of the molecule is CCN(C(C)=O)C(=O)/C(C)=C/CC/C(C)=C/CC/C(C)=C/CC/C(C)=C/CC/C(C)=C/CCC(C)=O. The van der Waals surface area contributed by atoms with Crippen LogP contribution in [0.2, 0.25) is 0 Å². The van der Waals surface area contributed by atoms with Crippen molar-refractivity contribution in [2.45, 2.75) is 120 Å². The second-order valence-corrected chi connectivity index (χ2v) is 10.1. The Morgan fingerprint density at radius 3 is 1.17 bits per heavy atom. The number of hydrogen-bond donors (Lipinski definition) is 0. The minimum Gasteiger partial charge on any atom is -0.300 e. The van der Waals surface area contributed by atoms with Gasteiger partial charge in [-0.15, -0.1) is 0 Å². The molecule has 2 amide bonds. The molecule has 4 heteroatoms. The summed E-state index contributed by atoms with van der Waals surface area (Å²) in [6.45, 7) is 15.8. The first kappa shape index (κ1) is 33.5. The van der Waals surface area contributed by atoms with Crippen molar-refractivity contribution in [2.24, 2.45) is 0 Å². The molecule has 4 nitrogen and oxygen atoms in total. The number of likely N-dealkylation sites (N-methyl/N-ethyl adjacent to an activating group) is 1. The number of Topliss-reactive ketones (excluding diaryl/α,β-unsaturated/α-hetero) is 1. The van der Waals surface area contributed by atoms with Crippen LogP contribution in [-0.2, 0) is 14.4 Å². The molecule has 0 spiro atoms. The molecule has 0 aliphatic heterocycles. The van der Waals surface area contributed by atoms with Gasteiger partial charge in [0.25, 0.3) is 5.91 Å². The average molecular weight is 498 g/mol. The predicted octanol–water partition coefficient (Wildman–Crippen LogP) is 8.60. The number of amides is 2. The lowest BCUT2D eigenvalue weighted by atomic mass is 10.0. The Morgan fingerprint density at radius 2 is 0.861 bits per heavy atom. The summed E-state index contributed by atoms with van der Waals surface area (Å²) in [7, 11) is 0. The van der Waals surface area contributed by atoms with E-state index in [0.717, 1.165) is 57.8 Å². The molecule has 0 aromatic rings. The van der Waals surface area contributed by atoms with Crippen LogP contribution in [0, 0.1) is 0 Å². The fraction of sp³-hybridized carbons (Fsp3) is 0.594. The van der Waals surface area contributed by atoms with Crippen molar-refractivity contribution in [3.8, 4) is 0 Å². The zero-order valence-corrected chi connectivity index (χ0v) is 24.3. The molecule has 0 atom stereocenters. The maximum absolute atomic E-state index is 12.3. The van der Waals surface area contributed by atoms with Crippen molar-refractivity contribution in [1.29, 1.82) is 0 Å². The van der Waals surface area contributed by atoms with Crippen molar-refractivity contribution >= 4 is 17.6 Å². The standard InChI is InChI=1S/C32H51NO3/c1-9-33(31(8)35)32(36)29(6)23-13-21-27(4)19-11-17-25(2)15-10-16-26(3)18-12-20-28(5)22-14-24-30(7)34/h15,18-19,22-23H,9-14,16-17,20-21,24H2,1-8H3/b25-15+,26-18+,27-19+,28-22+,29-23+. The van der Waals surface area contributed by atoms with E-state index in [1.165, 1.54) is 34.1 Å². The fourth-order valence-corrected chi connectivity index (χ4v) is 3.89. The quantitative estimate of drug-likeness (QED) is 0.149. The molecule has 0 N–H and O–H groups in total. The normalized spacial score (nSPS) is 13.7. The Labute approximate surface area is 221 Å². The number of nitrogens with zero attached hydrogens (tertiary/aromatic N) is 1. The zero-order chi connectivity index (χ0) is 27.5.